The number of unbranched alkanes of at least 4 members (excludes halogenated alkanes) is 10. The highest BCUT2D eigenvalue weighted by Gasteiger charge is 2.07. The minimum absolute atomic E-state index is 0.205. The minimum Gasteiger partial charge on any atom is -0.466 e. The van der Waals surface area contributed by atoms with Gasteiger partial charge in [-0.2, -0.15) is 0 Å². The summed E-state index contributed by atoms with van der Waals surface area (Å²) in [5, 5.41) is 0. The van der Waals surface area contributed by atoms with Crippen LogP contribution in [0.4, 0.5) is 0 Å². The quantitative estimate of drug-likeness (QED) is 0.162. The van der Waals surface area contributed by atoms with E-state index in [1.54, 1.807) is 0 Å². The van der Waals surface area contributed by atoms with Gasteiger partial charge in [-0.1, -0.05) is 101 Å². The van der Waals surface area contributed by atoms with Crippen LogP contribution >= 0.6 is 0 Å². The van der Waals surface area contributed by atoms with Crippen molar-refractivity contribution < 1.29 is 19.1 Å². The van der Waals surface area contributed by atoms with Crippen LogP contribution in [0, 0.1) is 0 Å². The average molecular weight is 433 g/mol. The van der Waals surface area contributed by atoms with Crippen LogP contribution in [-0.4, -0.2) is 25.2 Å². The van der Waals surface area contributed by atoms with Crippen molar-refractivity contribution in [2.45, 2.75) is 110 Å². The summed E-state index contributed by atoms with van der Waals surface area (Å²) in [7, 11) is 0. The first-order valence-electron chi connectivity index (χ1n) is 12.6. The Kier molecular flexibility index (Phi) is 17.6. The van der Waals surface area contributed by atoms with Gasteiger partial charge in [0.2, 0.25) is 0 Å². The van der Waals surface area contributed by atoms with Crippen LogP contribution in [-0.2, 0) is 25.5 Å². The Morgan fingerprint density at radius 2 is 1.10 bits per heavy atom. The van der Waals surface area contributed by atoms with Gasteiger partial charge in [0.05, 0.1) is 13.2 Å². The summed E-state index contributed by atoms with van der Waals surface area (Å²) >= 11 is 0. The maximum Gasteiger partial charge on any atom is 0.305 e. The maximum atomic E-state index is 11.7. The van der Waals surface area contributed by atoms with Crippen molar-refractivity contribution in [1.29, 1.82) is 0 Å². The molecule has 0 atom stereocenters. The second-order valence-corrected chi connectivity index (χ2v) is 8.42. The van der Waals surface area contributed by atoms with Gasteiger partial charge in [-0.05, 0) is 31.2 Å². The molecule has 0 aromatic heterocycles. The van der Waals surface area contributed by atoms with Gasteiger partial charge in [0.1, 0.15) is 0 Å². The zero-order valence-electron chi connectivity index (χ0n) is 19.7. The number of hydrogen-bond donors (Lipinski definition) is 0. The maximum absolute atomic E-state index is 11.7. The van der Waals surface area contributed by atoms with Crippen molar-refractivity contribution in [2.24, 2.45) is 0 Å². The molecule has 1 aromatic carbocycles. The molecule has 1 rings (SSSR count). The van der Waals surface area contributed by atoms with Crippen LogP contribution in [0.1, 0.15) is 109 Å². The molecule has 1 aromatic rings. The summed E-state index contributed by atoms with van der Waals surface area (Å²) in [6, 6.07) is 10.2. The Bertz CT molecular complexity index is 556. The topological polar surface area (TPSA) is 52.6 Å². The number of benzene rings is 1. The lowest BCUT2D eigenvalue weighted by atomic mass is 10.1. The smallest absolute Gasteiger partial charge is 0.305 e. The molecule has 0 saturated heterocycles. The van der Waals surface area contributed by atoms with Gasteiger partial charge in [-0.15, -0.1) is 0 Å². The third-order valence-electron chi connectivity index (χ3n) is 5.49. The van der Waals surface area contributed by atoms with E-state index in [9.17, 15) is 9.59 Å². The van der Waals surface area contributed by atoms with E-state index < -0.39 is 0 Å². The monoisotopic (exact) mass is 432 g/mol. The van der Waals surface area contributed by atoms with E-state index in [2.05, 4.69) is 19.1 Å². The fourth-order valence-corrected chi connectivity index (χ4v) is 3.58. The van der Waals surface area contributed by atoms with E-state index in [1.165, 1.54) is 63.4 Å². The summed E-state index contributed by atoms with van der Waals surface area (Å²) in [4.78, 5) is 23.5. The molecule has 31 heavy (non-hydrogen) atoms. The summed E-state index contributed by atoms with van der Waals surface area (Å²) in [5.41, 5.74) is 1.25. The molecule has 0 radical (unpaired) electrons. The predicted octanol–water partition coefficient (Wildman–Crippen LogP) is 7.19. The lowest BCUT2D eigenvalue weighted by Gasteiger charge is -2.06. The van der Waals surface area contributed by atoms with Crippen molar-refractivity contribution in [3.63, 3.8) is 0 Å². The number of hydrogen-bond acceptors (Lipinski definition) is 4. The van der Waals surface area contributed by atoms with Gasteiger partial charge in [0.25, 0.3) is 0 Å². The molecule has 0 bridgehead atoms. The molecule has 4 heteroatoms. The Hall–Kier alpha value is -1.84. The van der Waals surface area contributed by atoms with Crippen LogP contribution in [0.3, 0.4) is 0 Å². The van der Waals surface area contributed by atoms with Gasteiger partial charge >= 0.3 is 11.9 Å². The highest BCUT2D eigenvalue weighted by atomic mass is 16.5. The minimum atomic E-state index is -0.230. The Balaban J connectivity index is 1.83. The van der Waals surface area contributed by atoms with Crippen LogP contribution in [0.15, 0.2) is 30.3 Å². The first-order chi connectivity index (χ1) is 15.2. The number of aryl methyl sites for hydroxylation is 1. The summed E-state index contributed by atoms with van der Waals surface area (Å²) in [6.07, 6.45) is 16.9. The Labute approximate surface area is 190 Å². The van der Waals surface area contributed by atoms with Crippen LogP contribution in [0.5, 0.6) is 0 Å². The van der Waals surface area contributed by atoms with Crippen molar-refractivity contribution in [3.05, 3.63) is 35.9 Å². The number of carbonyl (C=O) groups excluding carboxylic acids is 2. The number of ether oxygens (including phenoxy) is 2. The molecule has 4 nitrogen and oxygen atoms in total. The molecule has 0 heterocycles. The molecule has 0 spiro atoms. The van der Waals surface area contributed by atoms with Gasteiger partial charge in [0, 0.05) is 12.8 Å². The Morgan fingerprint density at radius 1 is 0.613 bits per heavy atom. The Morgan fingerprint density at radius 3 is 1.65 bits per heavy atom. The van der Waals surface area contributed by atoms with Crippen molar-refractivity contribution in [1.82, 2.24) is 0 Å². The third kappa shape index (κ3) is 17.5. The highest BCUT2D eigenvalue weighted by Crippen LogP contribution is 2.11. The molecular weight excluding hydrogens is 388 g/mol. The van der Waals surface area contributed by atoms with Gasteiger partial charge in [-0.25, -0.2) is 0 Å². The first kappa shape index (κ1) is 27.2. The van der Waals surface area contributed by atoms with Crippen molar-refractivity contribution >= 4 is 11.9 Å². The van der Waals surface area contributed by atoms with E-state index in [1.807, 2.05) is 18.2 Å². The van der Waals surface area contributed by atoms with Crippen LogP contribution in [0.25, 0.3) is 0 Å². The molecule has 0 aliphatic heterocycles. The van der Waals surface area contributed by atoms with E-state index in [4.69, 9.17) is 9.47 Å². The lowest BCUT2D eigenvalue weighted by molar-refractivity contribution is -0.145. The number of rotatable bonds is 20. The first-order valence-corrected chi connectivity index (χ1v) is 12.6. The molecule has 176 valence electrons. The summed E-state index contributed by atoms with van der Waals surface area (Å²) < 4.78 is 10.5. The molecule has 0 fully saturated rings. The van der Waals surface area contributed by atoms with Crippen molar-refractivity contribution in [2.75, 3.05) is 13.2 Å². The van der Waals surface area contributed by atoms with E-state index in [-0.39, 0.29) is 24.8 Å². The fraction of sp³-hybridized carbons (Fsp3) is 0.704. The van der Waals surface area contributed by atoms with Crippen LogP contribution in [0.2, 0.25) is 0 Å². The predicted molar refractivity (Wildman–Crippen MR) is 127 cm³/mol. The molecule has 0 aliphatic rings. The molecular formula is C27H44O4. The van der Waals surface area contributed by atoms with E-state index >= 15 is 0 Å². The zero-order valence-corrected chi connectivity index (χ0v) is 19.7. The fourth-order valence-electron chi connectivity index (χ4n) is 3.58. The summed E-state index contributed by atoms with van der Waals surface area (Å²) in [6.45, 7) is 3.18. The van der Waals surface area contributed by atoms with Crippen molar-refractivity contribution in [3.8, 4) is 0 Å². The highest BCUT2D eigenvalue weighted by molar-refractivity contribution is 5.72. The van der Waals surface area contributed by atoms with Gasteiger partial charge < -0.3 is 9.47 Å². The second-order valence-electron chi connectivity index (χ2n) is 8.42. The van der Waals surface area contributed by atoms with Gasteiger partial charge in [-0.3, -0.25) is 9.59 Å². The molecule has 0 saturated carbocycles. The SMILES string of the molecule is CCCCCCCCCCCCCOC(=O)CCCC(=O)OCCCc1ccccc1. The zero-order chi connectivity index (χ0) is 22.4. The third-order valence-corrected chi connectivity index (χ3v) is 5.49. The van der Waals surface area contributed by atoms with E-state index in [0.717, 1.165) is 25.7 Å². The molecule has 0 N–H and O–H groups in total. The largest absolute Gasteiger partial charge is 0.466 e. The van der Waals surface area contributed by atoms with Crippen LogP contribution < -0.4 is 0 Å². The normalized spacial score (nSPS) is 10.7. The number of esters is 2. The molecule has 0 unspecified atom stereocenters. The summed E-state index contributed by atoms with van der Waals surface area (Å²) in [5.74, 6) is -0.435. The molecule has 0 amide bonds. The number of carbonyl (C=O) groups is 2. The molecule has 0 aliphatic carbocycles. The average Bonchev–Trinajstić information content (AvgIpc) is 2.78. The second kappa shape index (κ2) is 20.1. The van der Waals surface area contributed by atoms with Gasteiger partial charge in [0.15, 0.2) is 0 Å². The van der Waals surface area contributed by atoms with E-state index in [0.29, 0.717) is 19.6 Å². The standard InChI is InChI=1S/C27H44O4/c1-2-3-4-5-6-7-8-9-10-11-15-23-30-26(28)21-16-22-27(29)31-24-17-20-25-18-13-12-14-19-25/h12-14,18-19H,2-11,15-17,20-24H2,1H3. The lowest BCUT2D eigenvalue weighted by Crippen LogP contribution is -2.09.